The number of hydrogen-bond donors (Lipinski definition) is 1. The third-order valence-corrected chi connectivity index (χ3v) is 10.3. The first-order valence-electron chi connectivity index (χ1n) is 12.5. The fourth-order valence-corrected chi connectivity index (χ4v) is 7.79. The van der Waals surface area contributed by atoms with Gasteiger partial charge in [-0.05, 0) is 38.5 Å². The van der Waals surface area contributed by atoms with Crippen LogP contribution in [0.2, 0.25) is 0 Å². The molecule has 0 fully saturated rings. The maximum atomic E-state index is 2.73. The molecule has 28 heavy (non-hydrogen) atoms. The standard InChI is InChI=1S/C25H54P.ClH.H3N/c1-5-8-11-14-17-20-23-26(4,24-21-18-15-12-9-6-2)25-22-19-16-13-10-7-3;;/h5-25H2,1-4H3;1H;1H3/q+1;;. The van der Waals surface area contributed by atoms with Crippen molar-refractivity contribution in [2.75, 3.05) is 25.2 Å². The molecular formula is C25H58ClNP+. The van der Waals surface area contributed by atoms with Crippen LogP contribution in [0, 0.1) is 0 Å². The maximum absolute atomic E-state index is 2.73. The predicted octanol–water partition coefficient (Wildman–Crippen LogP) is 10.3. The molecule has 0 aromatic carbocycles. The van der Waals surface area contributed by atoms with Crippen LogP contribution in [0.4, 0.5) is 0 Å². The van der Waals surface area contributed by atoms with Crippen LogP contribution in [0.25, 0.3) is 0 Å². The summed E-state index contributed by atoms with van der Waals surface area (Å²) in [5.41, 5.74) is 0. The van der Waals surface area contributed by atoms with Crippen LogP contribution in [0.1, 0.15) is 136 Å². The first kappa shape index (κ1) is 33.3. The molecule has 0 radical (unpaired) electrons. The Morgan fingerprint density at radius 3 is 0.857 bits per heavy atom. The smallest absolute Gasteiger partial charge is 0.0591 e. The van der Waals surface area contributed by atoms with Gasteiger partial charge in [-0.15, -0.1) is 12.4 Å². The zero-order chi connectivity index (χ0) is 19.3. The molecule has 3 heteroatoms. The van der Waals surface area contributed by atoms with Crippen molar-refractivity contribution in [3.8, 4) is 0 Å². The van der Waals surface area contributed by atoms with Crippen molar-refractivity contribution >= 4 is 19.7 Å². The molecule has 0 rings (SSSR count). The van der Waals surface area contributed by atoms with Gasteiger partial charge in [0.05, 0.1) is 18.5 Å². The minimum absolute atomic E-state index is 0. The molecule has 0 saturated carbocycles. The highest BCUT2D eigenvalue weighted by atomic mass is 35.5. The van der Waals surface area contributed by atoms with Crippen molar-refractivity contribution in [1.29, 1.82) is 0 Å². The molecule has 0 spiro atoms. The minimum atomic E-state index is -0.636. The van der Waals surface area contributed by atoms with Gasteiger partial charge in [-0.25, -0.2) is 0 Å². The van der Waals surface area contributed by atoms with Gasteiger partial charge in [0, 0.05) is 13.9 Å². The van der Waals surface area contributed by atoms with Crippen molar-refractivity contribution in [3.05, 3.63) is 0 Å². The molecule has 0 amide bonds. The lowest BCUT2D eigenvalue weighted by Crippen LogP contribution is -2.08. The van der Waals surface area contributed by atoms with E-state index in [1.165, 1.54) is 116 Å². The molecule has 0 aliphatic heterocycles. The molecule has 0 bridgehead atoms. The van der Waals surface area contributed by atoms with E-state index in [9.17, 15) is 0 Å². The predicted molar refractivity (Wildman–Crippen MR) is 140 cm³/mol. The molecule has 0 unspecified atom stereocenters. The third kappa shape index (κ3) is 23.0. The molecule has 0 aromatic heterocycles. The van der Waals surface area contributed by atoms with Gasteiger partial charge < -0.3 is 6.15 Å². The Kier molecular flexibility index (Phi) is 30.6. The zero-order valence-corrected chi connectivity index (χ0v) is 22.1. The number of rotatable bonds is 21. The number of hydrogen-bond acceptors (Lipinski definition) is 1. The summed E-state index contributed by atoms with van der Waals surface area (Å²) in [7, 11) is -0.636. The maximum Gasteiger partial charge on any atom is 0.0591 e. The van der Waals surface area contributed by atoms with E-state index in [-0.39, 0.29) is 18.6 Å². The van der Waals surface area contributed by atoms with Crippen LogP contribution in [-0.2, 0) is 0 Å². The normalized spacial score (nSPS) is 11.1. The molecule has 3 N–H and O–H groups in total. The summed E-state index contributed by atoms with van der Waals surface area (Å²) in [6.45, 7) is 9.70. The van der Waals surface area contributed by atoms with Crippen molar-refractivity contribution in [1.82, 2.24) is 6.15 Å². The molecule has 0 aliphatic carbocycles. The lowest BCUT2D eigenvalue weighted by Gasteiger charge is -2.24. The second-order valence-electron chi connectivity index (χ2n) is 9.09. The van der Waals surface area contributed by atoms with E-state index in [0.717, 1.165) is 0 Å². The van der Waals surface area contributed by atoms with Crippen LogP contribution in [0.3, 0.4) is 0 Å². The Morgan fingerprint density at radius 2 is 0.607 bits per heavy atom. The quantitative estimate of drug-likeness (QED) is 0.140. The zero-order valence-electron chi connectivity index (χ0n) is 20.4. The summed E-state index contributed by atoms with van der Waals surface area (Å²) in [6.07, 6.45) is 31.2. The van der Waals surface area contributed by atoms with E-state index in [0.29, 0.717) is 0 Å². The summed E-state index contributed by atoms with van der Waals surface area (Å²) in [6, 6.07) is 0. The van der Waals surface area contributed by atoms with Gasteiger partial charge in [0.25, 0.3) is 0 Å². The van der Waals surface area contributed by atoms with Gasteiger partial charge in [-0.2, -0.15) is 0 Å². The average molecular weight is 439 g/mol. The first-order valence-corrected chi connectivity index (χ1v) is 15.3. The molecule has 1 nitrogen and oxygen atoms in total. The molecule has 0 heterocycles. The highest BCUT2D eigenvalue weighted by molar-refractivity contribution is 7.75. The van der Waals surface area contributed by atoms with Crippen LogP contribution >= 0.6 is 19.7 Å². The Labute approximate surface area is 187 Å². The number of halogens is 1. The van der Waals surface area contributed by atoms with E-state index in [1.54, 1.807) is 18.5 Å². The van der Waals surface area contributed by atoms with Gasteiger partial charge in [0.15, 0.2) is 0 Å². The second kappa shape index (κ2) is 25.7. The van der Waals surface area contributed by atoms with Gasteiger partial charge in [0.2, 0.25) is 0 Å². The molecule has 0 saturated heterocycles. The third-order valence-electron chi connectivity index (χ3n) is 6.15. The summed E-state index contributed by atoms with van der Waals surface area (Å²) < 4.78 is 0. The van der Waals surface area contributed by atoms with Gasteiger partial charge in [-0.1, -0.05) is 97.8 Å². The van der Waals surface area contributed by atoms with Crippen LogP contribution in [-0.4, -0.2) is 25.2 Å². The largest absolute Gasteiger partial charge is 0.344 e. The van der Waals surface area contributed by atoms with Crippen LogP contribution in [0.5, 0.6) is 0 Å². The second-order valence-corrected chi connectivity index (χ2v) is 13.7. The van der Waals surface area contributed by atoms with Gasteiger partial charge >= 0.3 is 0 Å². The highest BCUT2D eigenvalue weighted by Crippen LogP contribution is 2.57. The minimum Gasteiger partial charge on any atom is -0.344 e. The summed E-state index contributed by atoms with van der Waals surface area (Å²) >= 11 is 0. The SMILES string of the molecule is CCCCCCCC[P+](C)(CCCCCCCC)CCCCCCCC.Cl.N. The van der Waals surface area contributed by atoms with Crippen molar-refractivity contribution < 1.29 is 0 Å². The van der Waals surface area contributed by atoms with E-state index >= 15 is 0 Å². The van der Waals surface area contributed by atoms with Gasteiger partial charge in [-0.3, -0.25) is 0 Å². The van der Waals surface area contributed by atoms with Crippen LogP contribution in [0.15, 0.2) is 0 Å². The monoisotopic (exact) mass is 438 g/mol. The lowest BCUT2D eigenvalue weighted by molar-refractivity contribution is 0.616. The van der Waals surface area contributed by atoms with Crippen LogP contribution < -0.4 is 6.15 Å². The molecule has 0 atom stereocenters. The van der Waals surface area contributed by atoms with Crippen molar-refractivity contribution in [3.63, 3.8) is 0 Å². The average Bonchev–Trinajstić information content (AvgIpc) is 2.64. The number of unbranched alkanes of at least 4 members (excludes halogenated alkanes) is 15. The Bertz CT molecular complexity index is 232. The highest BCUT2D eigenvalue weighted by Gasteiger charge is 2.29. The molecular weight excluding hydrogens is 381 g/mol. The Morgan fingerprint density at radius 1 is 0.393 bits per heavy atom. The lowest BCUT2D eigenvalue weighted by atomic mass is 10.1. The van der Waals surface area contributed by atoms with E-state index in [2.05, 4.69) is 27.4 Å². The molecule has 174 valence electrons. The molecule has 0 aliphatic rings. The Hall–Kier alpha value is 0.680. The summed E-state index contributed by atoms with van der Waals surface area (Å²) in [5, 5.41) is 0. The topological polar surface area (TPSA) is 35.0 Å². The van der Waals surface area contributed by atoms with E-state index in [4.69, 9.17) is 0 Å². The molecule has 0 aromatic rings. The first-order chi connectivity index (χ1) is 12.7. The fourth-order valence-electron chi connectivity index (χ4n) is 4.16. The van der Waals surface area contributed by atoms with Crippen molar-refractivity contribution in [2.45, 2.75) is 136 Å². The van der Waals surface area contributed by atoms with Gasteiger partial charge in [0.1, 0.15) is 0 Å². The van der Waals surface area contributed by atoms with E-state index in [1.807, 2.05) is 0 Å². The van der Waals surface area contributed by atoms with Crippen molar-refractivity contribution in [2.24, 2.45) is 0 Å². The Balaban J connectivity index is -0.00000312. The summed E-state index contributed by atoms with van der Waals surface area (Å²) in [4.78, 5) is 0. The van der Waals surface area contributed by atoms with E-state index < -0.39 is 7.26 Å². The summed E-state index contributed by atoms with van der Waals surface area (Å²) in [5.74, 6) is 0. The fraction of sp³-hybridized carbons (Fsp3) is 1.00.